The largest absolute Gasteiger partial charge is 0.378 e. The second-order valence-electron chi connectivity index (χ2n) is 5.45. The van der Waals surface area contributed by atoms with Crippen molar-refractivity contribution in [2.75, 3.05) is 26.2 Å². The lowest BCUT2D eigenvalue weighted by molar-refractivity contribution is -0.128. The average Bonchev–Trinajstić information content (AvgIpc) is 2.81. The zero-order chi connectivity index (χ0) is 12.5. The molecule has 0 aromatic rings. The first kappa shape index (κ1) is 12.3. The fourth-order valence-corrected chi connectivity index (χ4v) is 3.48. The topological polar surface area (TPSA) is 44.4 Å². The van der Waals surface area contributed by atoms with Gasteiger partial charge >= 0.3 is 0 Å². The van der Waals surface area contributed by atoms with Gasteiger partial charge in [-0.15, -0.1) is 11.6 Å². The Morgan fingerprint density at radius 3 is 2.89 bits per heavy atom. The van der Waals surface area contributed by atoms with Gasteiger partial charge in [-0.1, -0.05) is 6.08 Å². The summed E-state index contributed by atoms with van der Waals surface area (Å²) in [7, 11) is 0. The molecular weight excluding hydrogens is 250 g/mol. The van der Waals surface area contributed by atoms with E-state index in [-0.39, 0.29) is 11.3 Å². The minimum atomic E-state index is 0.164. The van der Waals surface area contributed by atoms with E-state index < -0.39 is 0 Å². The molecule has 3 rings (SSSR count). The Labute approximate surface area is 113 Å². The minimum Gasteiger partial charge on any atom is -0.378 e. The summed E-state index contributed by atoms with van der Waals surface area (Å²) in [5.41, 5.74) is 0.803. The van der Waals surface area contributed by atoms with E-state index in [0.717, 1.165) is 51.1 Å². The Hall–Kier alpha value is -0.740. The van der Waals surface area contributed by atoms with Crippen LogP contribution in [-0.4, -0.2) is 48.4 Å². The van der Waals surface area contributed by atoms with Crippen LogP contribution in [0.15, 0.2) is 11.8 Å². The van der Waals surface area contributed by atoms with Crippen molar-refractivity contribution in [1.82, 2.24) is 15.5 Å². The Kier molecular flexibility index (Phi) is 3.48. The molecule has 0 spiro atoms. The molecule has 0 bridgehead atoms. The molecule has 3 atom stereocenters. The Morgan fingerprint density at radius 1 is 1.33 bits per heavy atom. The highest BCUT2D eigenvalue weighted by Crippen LogP contribution is 2.33. The third kappa shape index (κ3) is 2.36. The van der Waals surface area contributed by atoms with E-state index in [0.29, 0.717) is 12.0 Å². The number of hydrogen-bond acceptors (Lipinski definition) is 3. The second kappa shape index (κ2) is 5.10. The van der Waals surface area contributed by atoms with E-state index in [2.05, 4.69) is 16.7 Å². The smallest absolute Gasteiger partial charge is 0.269 e. The van der Waals surface area contributed by atoms with E-state index in [1.165, 1.54) is 0 Å². The number of fused-ring (bicyclic) bond motifs is 1. The minimum absolute atomic E-state index is 0.164. The van der Waals surface area contributed by atoms with Crippen LogP contribution in [0.25, 0.3) is 0 Å². The maximum absolute atomic E-state index is 12.4. The maximum atomic E-state index is 12.4. The first-order valence-corrected chi connectivity index (χ1v) is 7.30. The Balaban J connectivity index is 1.66. The van der Waals surface area contributed by atoms with Gasteiger partial charge in [0.15, 0.2) is 0 Å². The summed E-state index contributed by atoms with van der Waals surface area (Å²) in [6.07, 6.45) is 5.24. The summed E-state index contributed by atoms with van der Waals surface area (Å²) in [5, 5.41) is 6.94. The van der Waals surface area contributed by atoms with E-state index >= 15 is 0 Å². The van der Waals surface area contributed by atoms with Crippen molar-refractivity contribution in [2.24, 2.45) is 5.92 Å². The summed E-state index contributed by atoms with van der Waals surface area (Å²) >= 11 is 6.20. The molecule has 1 amide bonds. The van der Waals surface area contributed by atoms with Crippen LogP contribution in [0.1, 0.15) is 19.3 Å². The molecule has 3 unspecified atom stereocenters. The number of carbonyl (C=O) groups is 1. The predicted molar refractivity (Wildman–Crippen MR) is 71.4 cm³/mol. The highest BCUT2D eigenvalue weighted by atomic mass is 35.5. The molecule has 100 valence electrons. The van der Waals surface area contributed by atoms with Crippen LogP contribution in [0.3, 0.4) is 0 Å². The zero-order valence-corrected chi connectivity index (χ0v) is 11.2. The van der Waals surface area contributed by atoms with E-state index in [9.17, 15) is 4.79 Å². The summed E-state index contributed by atoms with van der Waals surface area (Å²) in [6, 6.07) is 0.432. The van der Waals surface area contributed by atoms with Crippen LogP contribution in [0.2, 0.25) is 0 Å². The molecule has 0 radical (unpaired) electrons. The van der Waals surface area contributed by atoms with Gasteiger partial charge in [0.1, 0.15) is 0 Å². The molecule has 4 nitrogen and oxygen atoms in total. The lowest BCUT2D eigenvalue weighted by Gasteiger charge is -2.29. The SMILES string of the molecule is O=C(C1=CC2CC(Cl)CCC2N1)N1CCNCC1. The van der Waals surface area contributed by atoms with Gasteiger partial charge in [-0.2, -0.15) is 0 Å². The number of piperazine rings is 1. The zero-order valence-electron chi connectivity index (χ0n) is 10.5. The number of nitrogens with zero attached hydrogens (tertiary/aromatic N) is 1. The molecule has 2 N–H and O–H groups in total. The number of nitrogens with one attached hydrogen (secondary N) is 2. The van der Waals surface area contributed by atoms with E-state index in [1.807, 2.05) is 4.90 Å². The first-order valence-electron chi connectivity index (χ1n) is 6.86. The molecule has 3 aliphatic rings. The van der Waals surface area contributed by atoms with Crippen LogP contribution in [0.4, 0.5) is 0 Å². The summed E-state index contributed by atoms with van der Waals surface area (Å²) in [6.45, 7) is 3.42. The third-order valence-electron chi connectivity index (χ3n) is 4.19. The summed E-state index contributed by atoms with van der Waals surface area (Å²) < 4.78 is 0. The van der Waals surface area contributed by atoms with E-state index in [4.69, 9.17) is 11.6 Å². The van der Waals surface area contributed by atoms with Crippen LogP contribution in [0.5, 0.6) is 0 Å². The molecule has 2 heterocycles. The third-order valence-corrected chi connectivity index (χ3v) is 4.59. The molecule has 1 saturated heterocycles. The van der Waals surface area contributed by atoms with Gasteiger partial charge < -0.3 is 15.5 Å². The normalized spacial score (nSPS) is 35.7. The molecule has 0 aromatic carbocycles. The van der Waals surface area contributed by atoms with Crippen molar-refractivity contribution in [3.05, 3.63) is 11.8 Å². The van der Waals surface area contributed by atoms with Crippen LogP contribution in [-0.2, 0) is 4.79 Å². The first-order chi connectivity index (χ1) is 8.74. The number of halogens is 1. The highest BCUT2D eigenvalue weighted by molar-refractivity contribution is 6.20. The van der Waals surface area contributed by atoms with Crippen molar-refractivity contribution in [2.45, 2.75) is 30.7 Å². The molecule has 2 fully saturated rings. The number of carbonyl (C=O) groups excluding carboxylic acids is 1. The molecule has 1 saturated carbocycles. The summed E-state index contributed by atoms with van der Waals surface area (Å²) in [4.78, 5) is 14.3. The second-order valence-corrected chi connectivity index (χ2v) is 6.06. The molecule has 5 heteroatoms. The number of alkyl halides is 1. The quantitative estimate of drug-likeness (QED) is 0.688. The van der Waals surface area contributed by atoms with Crippen molar-refractivity contribution in [3.63, 3.8) is 0 Å². The van der Waals surface area contributed by atoms with Crippen molar-refractivity contribution >= 4 is 17.5 Å². The Morgan fingerprint density at radius 2 is 2.11 bits per heavy atom. The maximum Gasteiger partial charge on any atom is 0.269 e. The van der Waals surface area contributed by atoms with Gasteiger partial charge in [-0.25, -0.2) is 0 Å². The fourth-order valence-electron chi connectivity index (χ4n) is 3.15. The van der Waals surface area contributed by atoms with Gasteiger partial charge in [0.05, 0.1) is 5.70 Å². The predicted octanol–water partition coefficient (Wildman–Crippen LogP) is 0.681. The fraction of sp³-hybridized carbons (Fsp3) is 0.769. The molecule has 1 aliphatic carbocycles. The number of hydrogen-bond donors (Lipinski definition) is 2. The van der Waals surface area contributed by atoms with Gasteiger partial charge in [0, 0.05) is 43.5 Å². The average molecular weight is 270 g/mol. The van der Waals surface area contributed by atoms with E-state index in [1.54, 1.807) is 0 Å². The lowest BCUT2D eigenvalue weighted by atomic mass is 9.86. The molecule has 0 aromatic heterocycles. The van der Waals surface area contributed by atoms with Crippen molar-refractivity contribution in [1.29, 1.82) is 0 Å². The monoisotopic (exact) mass is 269 g/mol. The van der Waals surface area contributed by atoms with Gasteiger partial charge in [0.2, 0.25) is 0 Å². The van der Waals surface area contributed by atoms with Crippen molar-refractivity contribution < 1.29 is 4.79 Å². The van der Waals surface area contributed by atoms with Gasteiger partial charge in [-0.3, -0.25) is 4.79 Å². The van der Waals surface area contributed by atoms with Crippen LogP contribution >= 0.6 is 11.6 Å². The highest BCUT2D eigenvalue weighted by Gasteiger charge is 2.35. The number of amides is 1. The molecule has 18 heavy (non-hydrogen) atoms. The molecule has 2 aliphatic heterocycles. The van der Waals surface area contributed by atoms with Gasteiger partial charge in [0.25, 0.3) is 5.91 Å². The lowest BCUT2D eigenvalue weighted by Crippen LogP contribution is -2.48. The van der Waals surface area contributed by atoms with Gasteiger partial charge in [-0.05, 0) is 19.3 Å². The standard InChI is InChI=1S/C13H20ClN3O/c14-10-1-2-11-9(7-10)8-12(16-11)13(18)17-5-3-15-4-6-17/h8-11,15-16H,1-7H2. The number of rotatable bonds is 1. The Bertz CT molecular complexity index is 365. The molecular formula is C13H20ClN3O. The summed E-state index contributed by atoms with van der Waals surface area (Å²) in [5.74, 6) is 0.611. The van der Waals surface area contributed by atoms with Crippen LogP contribution in [0, 0.1) is 5.92 Å². The van der Waals surface area contributed by atoms with Crippen molar-refractivity contribution in [3.8, 4) is 0 Å². The van der Waals surface area contributed by atoms with Crippen LogP contribution < -0.4 is 10.6 Å².